The minimum atomic E-state index is -1.37. The zero-order valence-corrected chi connectivity index (χ0v) is 24.2. The lowest BCUT2D eigenvalue weighted by Gasteiger charge is -2.21. The van der Waals surface area contributed by atoms with Gasteiger partial charge >= 0.3 is 5.97 Å². The van der Waals surface area contributed by atoms with Crippen LogP contribution in [0.5, 0.6) is 34.5 Å². The largest absolute Gasteiger partial charge is 0.493 e. The number of methoxy groups -OCH3 is 6. The van der Waals surface area contributed by atoms with Crippen molar-refractivity contribution >= 4 is 17.8 Å². The molecule has 3 rings (SSSR count). The number of ether oxygens (including phenoxy) is 8. The Balaban J connectivity index is 1.93. The molecule has 0 bridgehead atoms. The fourth-order valence-corrected chi connectivity index (χ4v) is 3.91. The molecule has 0 heterocycles. The first-order chi connectivity index (χ1) is 20.3. The molecule has 0 aliphatic rings. The van der Waals surface area contributed by atoms with Gasteiger partial charge in [0.15, 0.2) is 35.4 Å². The van der Waals surface area contributed by atoms with E-state index in [-0.39, 0.29) is 40.1 Å². The number of hydrogen-bond donors (Lipinski definition) is 1. The molecule has 1 atom stereocenters. The standard InChI is InChI=1S/C31H34O11/c1-35-22-14-19(12-13-27(39-5)40-6)15-23(36-2)29(22)41-26(18-32)28(33)21-16-24(37-3)30(25(17-21)38-4)42-31(34)20-10-8-7-9-11-20/h7-17,26-27,32H,18H2,1-6H3. The van der Waals surface area contributed by atoms with Gasteiger partial charge in [-0.15, -0.1) is 0 Å². The second kappa shape index (κ2) is 15.4. The summed E-state index contributed by atoms with van der Waals surface area (Å²) in [6, 6.07) is 14.4. The second-order valence-electron chi connectivity index (χ2n) is 8.57. The third kappa shape index (κ3) is 7.58. The molecule has 11 heteroatoms. The Morgan fingerprint density at radius 3 is 1.74 bits per heavy atom. The van der Waals surface area contributed by atoms with Gasteiger partial charge in [0.25, 0.3) is 0 Å². The number of carbonyl (C=O) groups is 2. The molecule has 0 fully saturated rings. The van der Waals surface area contributed by atoms with Gasteiger partial charge in [-0.1, -0.05) is 24.3 Å². The van der Waals surface area contributed by atoms with Crippen molar-refractivity contribution < 1.29 is 52.6 Å². The molecule has 0 aromatic heterocycles. The fourth-order valence-electron chi connectivity index (χ4n) is 3.91. The molecular formula is C31H34O11. The summed E-state index contributed by atoms with van der Waals surface area (Å²) in [5.41, 5.74) is 1.07. The molecule has 3 aromatic rings. The van der Waals surface area contributed by atoms with Crippen molar-refractivity contribution in [3.8, 4) is 34.5 Å². The van der Waals surface area contributed by atoms with Crippen LogP contribution in [-0.2, 0) is 9.47 Å². The Bertz CT molecular complexity index is 1330. The Morgan fingerprint density at radius 1 is 0.738 bits per heavy atom. The number of ketones is 1. The normalized spacial score (nSPS) is 11.7. The van der Waals surface area contributed by atoms with Crippen molar-refractivity contribution in [1.29, 1.82) is 0 Å². The third-order valence-electron chi connectivity index (χ3n) is 6.06. The van der Waals surface area contributed by atoms with Crippen LogP contribution in [0, 0.1) is 0 Å². The third-order valence-corrected chi connectivity index (χ3v) is 6.06. The average molecular weight is 583 g/mol. The van der Waals surface area contributed by atoms with Gasteiger partial charge in [-0.25, -0.2) is 4.79 Å². The molecule has 0 saturated heterocycles. The Morgan fingerprint density at radius 2 is 1.26 bits per heavy atom. The number of hydrogen-bond acceptors (Lipinski definition) is 11. The summed E-state index contributed by atoms with van der Waals surface area (Å²) in [7, 11) is 8.61. The maximum Gasteiger partial charge on any atom is 0.343 e. The number of rotatable bonds is 15. The van der Waals surface area contributed by atoms with Gasteiger partial charge < -0.3 is 43.0 Å². The highest BCUT2D eigenvalue weighted by atomic mass is 16.7. The van der Waals surface area contributed by atoms with Gasteiger partial charge in [-0.3, -0.25) is 4.79 Å². The van der Waals surface area contributed by atoms with E-state index in [9.17, 15) is 14.7 Å². The van der Waals surface area contributed by atoms with Crippen LogP contribution in [0.1, 0.15) is 26.3 Å². The summed E-state index contributed by atoms with van der Waals surface area (Å²) in [6.07, 6.45) is 1.51. The monoisotopic (exact) mass is 582 g/mol. The lowest BCUT2D eigenvalue weighted by atomic mass is 10.0. The molecule has 0 aliphatic carbocycles. The zero-order valence-electron chi connectivity index (χ0n) is 24.2. The van der Waals surface area contributed by atoms with Crippen LogP contribution >= 0.6 is 0 Å². The van der Waals surface area contributed by atoms with Crippen LogP contribution in [0.15, 0.2) is 60.7 Å². The van der Waals surface area contributed by atoms with E-state index >= 15 is 0 Å². The van der Waals surface area contributed by atoms with Gasteiger partial charge in [0.2, 0.25) is 17.3 Å². The number of aliphatic hydroxyl groups is 1. The Labute approximate surface area is 244 Å². The second-order valence-corrected chi connectivity index (χ2v) is 8.57. The van der Waals surface area contributed by atoms with Crippen LogP contribution < -0.4 is 28.4 Å². The predicted molar refractivity (Wildman–Crippen MR) is 153 cm³/mol. The minimum Gasteiger partial charge on any atom is -0.493 e. The number of carbonyl (C=O) groups excluding carboxylic acids is 2. The van der Waals surface area contributed by atoms with Crippen molar-refractivity contribution in [3.63, 3.8) is 0 Å². The van der Waals surface area contributed by atoms with Crippen LogP contribution in [0.3, 0.4) is 0 Å². The van der Waals surface area contributed by atoms with Crippen LogP contribution in [0.2, 0.25) is 0 Å². The van der Waals surface area contributed by atoms with Crippen molar-refractivity contribution in [2.24, 2.45) is 0 Å². The molecule has 11 nitrogen and oxygen atoms in total. The van der Waals surface area contributed by atoms with Crippen molar-refractivity contribution in [2.75, 3.05) is 49.3 Å². The Hall–Kier alpha value is -4.58. The van der Waals surface area contributed by atoms with E-state index in [0.717, 1.165) is 0 Å². The molecule has 42 heavy (non-hydrogen) atoms. The molecule has 1 unspecified atom stereocenters. The highest BCUT2D eigenvalue weighted by molar-refractivity contribution is 6.01. The smallest absolute Gasteiger partial charge is 0.343 e. The molecule has 0 radical (unpaired) electrons. The van der Waals surface area contributed by atoms with E-state index < -0.39 is 30.8 Å². The zero-order chi connectivity index (χ0) is 30.6. The summed E-state index contributed by atoms with van der Waals surface area (Å²) in [4.78, 5) is 26.2. The average Bonchev–Trinajstić information content (AvgIpc) is 3.03. The maximum absolute atomic E-state index is 13.6. The van der Waals surface area contributed by atoms with Gasteiger partial charge in [0.1, 0.15) is 0 Å². The van der Waals surface area contributed by atoms with Gasteiger partial charge in [-0.2, -0.15) is 0 Å². The van der Waals surface area contributed by atoms with Gasteiger partial charge in [0, 0.05) is 19.8 Å². The molecule has 1 N–H and O–H groups in total. The molecule has 224 valence electrons. The number of aliphatic hydroxyl groups excluding tert-OH is 1. The van der Waals surface area contributed by atoms with Crippen molar-refractivity contribution in [1.82, 2.24) is 0 Å². The van der Waals surface area contributed by atoms with E-state index in [1.165, 1.54) is 54.8 Å². The Kier molecular flexibility index (Phi) is 11.7. The SMILES string of the molecule is COc1cc(C(=O)C(CO)Oc2c(OC)cc(C=CC(OC)OC)cc2OC)cc(OC)c1OC(=O)c1ccccc1. The molecule has 0 saturated carbocycles. The van der Waals surface area contributed by atoms with E-state index in [1.807, 2.05) is 0 Å². The van der Waals surface area contributed by atoms with E-state index in [0.29, 0.717) is 11.1 Å². The molecule has 0 spiro atoms. The highest BCUT2D eigenvalue weighted by Gasteiger charge is 2.28. The van der Waals surface area contributed by atoms with Crippen molar-refractivity contribution in [3.05, 3.63) is 77.4 Å². The maximum atomic E-state index is 13.6. The lowest BCUT2D eigenvalue weighted by Crippen LogP contribution is -2.31. The quantitative estimate of drug-likeness (QED) is 0.120. The van der Waals surface area contributed by atoms with Crippen LogP contribution in [0.4, 0.5) is 0 Å². The molecule has 3 aromatic carbocycles. The van der Waals surface area contributed by atoms with Crippen LogP contribution in [0.25, 0.3) is 6.08 Å². The van der Waals surface area contributed by atoms with Gasteiger partial charge in [-0.05, 0) is 48.0 Å². The van der Waals surface area contributed by atoms with Crippen LogP contribution in [-0.4, -0.2) is 78.5 Å². The first kappa shape index (κ1) is 31.9. The first-order valence-electron chi connectivity index (χ1n) is 12.7. The summed E-state index contributed by atoms with van der Waals surface area (Å²) >= 11 is 0. The fraction of sp³-hybridized carbons (Fsp3) is 0.290. The van der Waals surface area contributed by atoms with E-state index in [1.54, 1.807) is 54.6 Å². The molecular weight excluding hydrogens is 548 g/mol. The summed E-state index contributed by atoms with van der Waals surface area (Å²) in [5.74, 6) is -0.512. The number of benzene rings is 3. The lowest BCUT2D eigenvalue weighted by molar-refractivity contribution is -0.0660. The minimum absolute atomic E-state index is 0.0111. The van der Waals surface area contributed by atoms with Gasteiger partial charge in [0.05, 0.1) is 40.6 Å². The van der Waals surface area contributed by atoms with E-state index in [4.69, 9.17) is 37.9 Å². The number of Topliss-reactive ketones (excluding diaryl/α,β-unsaturated/α-hetero) is 1. The summed E-state index contributed by atoms with van der Waals surface area (Å²) < 4.78 is 43.7. The number of esters is 1. The highest BCUT2D eigenvalue weighted by Crippen LogP contribution is 2.42. The first-order valence-corrected chi connectivity index (χ1v) is 12.7. The topological polar surface area (TPSA) is 128 Å². The van der Waals surface area contributed by atoms with Crippen molar-refractivity contribution in [2.45, 2.75) is 12.4 Å². The summed E-state index contributed by atoms with van der Waals surface area (Å²) in [5, 5.41) is 10.2. The van der Waals surface area contributed by atoms with E-state index in [2.05, 4.69) is 0 Å². The summed E-state index contributed by atoms with van der Waals surface area (Å²) in [6.45, 7) is -0.675. The molecule has 0 aliphatic heterocycles. The molecule has 0 amide bonds. The predicted octanol–water partition coefficient (Wildman–Crippen LogP) is 4.19.